The van der Waals surface area contributed by atoms with Gasteiger partial charge < -0.3 is 9.47 Å². The van der Waals surface area contributed by atoms with E-state index >= 15 is 0 Å². The highest BCUT2D eigenvalue weighted by molar-refractivity contribution is 9.10. The van der Waals surface area contributed by atoms with Gasteiger partial charge in [0, 0.05) is 0 Å². The van der Waals surface area contributed by atoms with Crippen LogP contribution < -0.4 is 9.64 Å². The second kappa shape index (κ2) is 6.13. The van der Waals surface area contributed by atoms with Crippen LogP contribution in [-0.4, -0.2) is 24.2 Å². The maximum atomic E-state index is 12.2. The number of carbonyl (C=O) groups is 1. The molecular weight excluding hydrogens is 336 g/mol. The van der Waals surface area contributed by atoms with Gasteiger partial charge in [0.05, 0.1) is 6.54 Å². The van der Waals surface area contributed by atoms with E-state index in [4.69, 9.17) is 9.47 Å². The van der Waals surface area contributed by atoms with Crippen LogP contribution in [0.1, 0.15) is 5.56 Å². The molecule has 0 saturated carbocycles. The largest absolute Gasteiger partial charge is 0.488 e. The zero-order valence-corrected chi connectivity index (χ0v) is 12.7. The zero-order chi connectivity index (χ0) is 14.7. The highest BCUT2D eigenvalue weighted by Crippen LogP contribution is 2.31. The zero-order valence-electron chi connectivity index (χ0n) is 11.2. The average Bonchev–Trinajstić information content (AvgIpc) is 2.53. The summed E-state index contributed by atoms with van der Waals surface area (Å²) in [5, 5.41) is 0. The van der Waals surface area contributed by atoms with Gasteiger partial charge in [-0.1, -0.05) is 30.3 Å². The Bertz CT molecular complexity index is 649. The number of anilines is 1. The molecule has 21 heavy (non-hydrogen) atoms. The monoisotopic (exact) mass is 348 g/mol. The van der Waals surface area contributed by atoms with Crippen LogP contribution in [-0.2, 0) is 11.3 Å². The maximum absolute atomic E-state index is 12.2. The van der Waals surface area contributed by atoms with E-state index in [2.05, 4.69) is 20.9 Å². The van der Waals surface area contributed by atoms with E-state index in [1.54, 1.807) is 12.1 Å². The summed E-state index contributed by atoms with van der Waals surface area (Å²) in [6.45, 7) is 1.08. The van der Waals surface area contributed by atoms with Crippen LogP contribution in [0.25, 0.3) is 0 Å². The third-order valence-electron chi connectivity index (χ3n) is 3.06. The second-order valence-electron chi connectivity index (χ2n) is 4.50. The van der Waals surface area contributed by atoms with Crippen LogP contribution in [0.3, 0.4) is 0 Å². The first-order chi connectivity index (χ1) is 10.2. The number of fused-ring (bicyclic) bond motifs is 1. The minimum absolute atomic E-state index is 0.236. The van der Waals surface area contributed by atoms with Crippen molar-refractivity contribution in [3.05, 3.63) is 52.6 Å². The van der Waals surface area contributed by atoms with Crippen molar-refractivity contribution in [1.29, 1.82) is 0 Å². The van der Waals surface area contributed by atoms with Crippen molar-refractivity contribution in [2.75, 3.05) is 18.1 Å². The fraction of sp³-hybridized carbons (Fsp3) is 0.200. The topological polar surface area (TPSA) is 51.7 Å². The van der Waals surface area contributed by atoms with E-state index in [0.29, 0.717) is 29.3 Å². The molecule has 0 N–H and O–H groups in total. The lowest BCUT2D eigenvalue weighted by molar-refractivity contribution is 0.143. The van der Waals surface area contributed by atoms with Crippen molar-refractivity contribution in [3.8, 4) is 5.75 Å². The lowest BCUT2D eigenvalue weighted by Crippen LogP contribution is -2.39. The molecule has 3 rings (SSSR count). The van der Waals surface area contributed by atoms with Gasteiger partial charge in [-0.15, -0.1) is 0 Å². The third kappa shape index (κ3) is 3.16. The van der Waals surface area contributed by atoms with Crippen molar-refractivity contribution >= 4 is 27.8 Å². The van der Waals surface area contributed by atoms with E-state index in [1.807, 2.05) is 30.3 Å². The van der Waals surface area contributed by atoms with E-state index in [-0.39, 0.29) is 6.61 Å². The molecule has 0 unspecified atom stereocenters. The fourth-order valence-corrected chi connectivity index (χ4v) is 2.35. The molecule has 1 amide bonds. The molecule has 0 saturated heterocycles. The van der Waals surface area contributed by atoms with Crippen LogP contribution in [0.2, 0.25) is 0 Å². The Hall–Kier alpha value is -2.08. The van der Waals surface area contributed by atoms with E-state index < -0.39 is 6.09 Å². The summed E-state index contributed by atoms with van der Waals surface area (Å²) in [6, 6.07) is 13.1. The number of pyridine rings is 1. The first-order valence-corrected chi connectivity index (χ1v) is 7.31. The molecule has 1 aromatic carbocycles. The molecule has 1 aliphatic heterocycles. The van der Waals surface area contributed by atoms with Gasteiger partial charge in [0.15, 0.2) is 11.6 Å². The molecule has 2 heterocycles. The van der Waals surface area contributed by atoms with E-state index in [0.717, 1.165) is 5.56 Å². The Morgan fingerprint density at radius 2 is 2.10 bits per heavy atom. The van der Waals surface area contributed by atoms with Gasteiger partial charge in [-0.05, 0) is 33.6 Å². The van der Waals surface area contributed by atoms with Crippen LogP contribution in [0.5, 0.6) is 5.75 Å². The first-order valence-electron chi connectivity index (χ1n) is 6.51. The van der Waals surface area contributed by atoms with Crippen molar-refractivity contribution in [3.63, 3.8) is 0 Å². The lowest BCUT2D eigenvalue weighted by Gasteiger charge is -2.27. The summed E-state index contributed by atoms with van der Waals surface area (Å²) < 4.78 is 11.5. The van der Waals surface area contributed by atoms with Crippen molar-refractivity contribution in [1.82, 2.24) is 4.98 Å². The number of ether oxygens (including phenoxy) is 2. The van der Waals surface area contributed by atoms with E-state index in [1.165, 1.54) is 4.90 Å². The Labute approximate surface area is 130 Å². The summed E-state index contributed by atoms with van der Waals surface area (Å²) >= 11 is 3.30. The highest BCUT2D eigenvalue weighted by Gasteiger charge is 2.26. The van der Waals surface area contributed by atoms with Crippen molar-refractivity contribution in [2.45, 2.75) is 6.61 Å². The fourth-order valence-electron chi connectivity index (χ4n) is 2.05. The van der Waals surface area contributed by atoms with Crippen LogP contribution in [0.4, 0.5) is 10.6 Å². The predicted molar refractivity (Wildman–Crippen MR) is 81.4 cm³/mol. The highest BCUT2D eigenvalue weighted by atomic mass is 79.9. The van der Waals surface area contributed by atoms with Gasteiger partial charge in [0.2, 0.25) is 0 Å². The lowest BCUT2D eigenvalue weighted by atomic mass is 10.2. The molecule has 0 bridgehead atoms. The molecule has 0 aliphatic carbocycles. The number of amides is 1. The molecule has 0 radical (unpaired) electrons. The third-order valence-corrected chi connectivity index (χ3v) is 3.50. The Morgan fingerprint density at radius 1 is 1.29 bits per heavy atom. The van der Waals surface area contributed by atoms with Crippen LogP contribution >= 0.6 is 15.9 Å². The van der Waals surface area contributed by atoms with Gasteiger partial charge in [-0.2, -0.15) is 0 Å². The second-order valence-corrected chi connectivity index (χ2v) is 5.31. The SMILES string of the molecule is O=C(OCc1ccccc1)N1CCOc2ccc(Br)nc21. The Kier molecular flexibility index (Phi) is 4.06. The minimum Gasteiger partial charge on any atom is -0.488 e. The molecule has 5 nitrogen and oxygen atoms in total. The summed E-state index contributed by atoms with van der Waals surface area (Å²) in [6.07, 6.45) is -0.422. The van der Waals surface area contributed by atoms with Gasteiger partial charge in [-0.3, -0.25) is 4.90 Å². The number of hydrogen-bond donors (Lipinski definition) is 0. The predicted octanol–water partition coefficient (Wildman–Crippen LogP) is 3.38. The number of aromatic nitrogens is 1. The molecule has 1 aromatic heterocycles. The van der Waals surface area contributed by atoms with Crippen LogP contribution in [0.15, 0.2) is 47.1 Å². The maximum Gasteiger partial charge on any atom is 0.416 e. The molecule has 1 aliphatic rings. The Balaban J connectivity index is 1.73. The molecule has 6 heteroatoms. The van der Waals surface area contributed by atoms with Crippen molar-refractivity contribution in [2.24, 2.45) is 0 Å². The summed E-state index contributed by atoms with van der Waals surface area (Å²) in [5.41, 5.74) is 0.946. The smallest absolute Gasteiger partial charge is 0.416 e. The molecule has 0 fully saturated rings. The molecule has 108 valence electrons. The quantitative estimate of drug-likeness (QED) is 0.780. The van der Waals surface area contributed by atoms with Gasteiger partial charge in [-0.25, -0.2) is 9.78 Å². The molecule has 2 aromatic rings. The normalized spacial score (nSPS) is 13.3. The van der Waals surface area contributed by atoms with Crippen LogP contribution in [0, 0.1) is 0 Å². The van der Waals surface area contributed by atoms with Gasteiger partial charge in [0.25, 0.3) is 0 Å². The summed E-state index contributed by atoms with van der Waals surface area (Å²) in [7, 11) is 0. The minimum atomic E-state index is -0.422. The molecule has 0 atom stereocenters. The van der Waals surface area contributed by atoms with Gasteiger partial charge in [0.1, 0.15) is 17.8 Å². The Morgan fingerprint density at radius 3 is 2.90 bits per heavy atom. The summed E-state index contributed by atoms with van der Waals surface area (Å²) in [4.78, 5) is 18.0. The molecular formula is C15H13BrN2O3. The molecule has 0 spiro atoms. The number of nitrogens with zero attached hydrogens (tertiary/aromatic N) is 2. The van der Waals surface area contributed by atoms with Crippen molar-refractivity contribution < 1.29 is 14.3 Å². The van der Waals surface area contributed by atoms with E-state index in [9.17, 15) is 4.79 Å². The average molecular weight is 349 g/mol. The number of halogens is 1. The summed E-state index contributed by atoms with van der Waals surface area (Å²) in [5.74, 6) is 1.06. The number of hydrogen-bond acceptors (Lipinski definition) is 4. The number of benzene rings is 1. The number of carbonyl (C=O) groups excluding carboxylic acids is 1. The standard InChI is InChI=1S/C15H13BrN2O3/c16-13-7-6-12-14(17-13)18(8-9-20-12)15(19)21-10-11-4-2-1-3-5-11/h1-7H,8-10H2. The first kappa shape index (κ1) is 13.9. The van der Waals surface area contributed by atoms with Gasteiger partial charge >= 0.3 is 6.09 Å². The number of rotatable bonds is 2.